The first-order valence-corrected chi connectivity index (χ1v) is 8.92. The van der Waals surface area contributed by atoms with E-state index in [1.807, 2.05) is 34.9 Å². The SMILES string of the molecule is CS(=O)(=O)c1ccccc1NCc1nncn1-c1ccccc1. The molecule has 3 rings (SSSR count). The van der Waals surface area contributed by atoms with Gasteiger partial charge >= 0.3 is 0 Å². The van der Waals surface area contributed by atoms with E-state index in [1.165, 1.54) is 6.26 Å². The Hall–Kier alpha value is -2.67. The van der Waals surface area contributed by atoms with E-state index in [0.717, 1.165) is 5.69 Å². The van der Waals surface area contributed by atoms with Crippen LogP contribution < -0.4 is 5.32 Å². The highest BCUT2D eigenvalue weighted by atomic mass is 32.2. The summed E-state index contributed by atoms with van der Waals surface area (Å²) in [6.45, 7) is 0.363. The number of nitrogens with one attached hydrogen (secondary N) is 1. The Balaban J connectivity index is 1.85. The van der Waals surface area contributed by atoms with Crippen LogP contribution in [0.25, 0.3) is 5.69 Å². The molecule has 1 N–H and O–H groups in total. The van der Waals surface area contributed by atoms with Crippen molar-refractivity contribution in [1.82, 2.24) is 14.8 Å². The lowest BCUT2D eigenvalue weighted by Gasteiger charge is -2.11. The molecular weight excluding hydrogens is 312 g/mol. The highest BCUT2D eigenvalue weighted by Gasteiger charge is 2.13. The Morgan fingerprint density at radius 3 is 2.48 bits per heavy atom. The number of anilines is 1. The predicted octanol–water partition coefficient (Wildman–Crippen LogP) is 2.28. The molecule has 0 aliphatic carbocycles. The smallest absolute Gasteiger partial charge is 0.177 e. The molecular formula is C16H16N4O2S. The fourth-order valence-corrected chi connectivity index (χ4v) is 3.16. The van der Waals surface area contributed by atoms with Crippen molar-refractivity contribution < 1.29 is 8.42 Å². The zero-order valence-corrected chi connectivity index (χ0v) is 13.4. The van der Waals surface area contributed by atoms with Crippen LogP contribution in [-0.4, -0.2) is 29.4 Å². The van der Waals surface area contributed by atoms with E-state index in [-0.39, 0.29) is 4.90 Å². The van der Waals surface area contributed by atoms with Crippen LogP contribution in [0.15, 0.2) is 65.8 Å². The largest absolute Gasteiger partial charge is 0.377 e. The van der Waals surface area contributed by atoms with Gasteiger partial charge in [0.25, 0.3) is 0 Å². The summed E-state index contributed by atoms with van der Waals surface area (Å²) in [5.74, 6) is 0.694. The first kappa shape index (κ1) is 15.2. The number of sulfone groups is 1. The lowest BCUT2D eigenvalue weighted by atomic mass is 10.3. The van der Waals surface area contributed by atoms with Gasteiger partial charge in [-0.1, -0.05) is 30.3 Å². The lowest BCUT2D eigenvalue weighted by Crippen LogP contribution is -2.10. The van der Waals surface area contributed by atoms with Crippen LogP contribution in [0.3, 0.4) is 0 Å². The van der Waals surface area contributed by atoms with Gasteiger partial charge < -0.3 is 5.32 Å². The number of nitrogens with zero attached hydrogens (tertiary/aromatic N) is 3. The third-order valence-electron chi connectivity index (χ3n) is 3.38. The third-order valence-corrected chi connectivity index (χ3v) is 4.53. The molecule has 1 aromatic heterocycles. The van der Waals surface area contributed by atoms with Gasteiger partial charge in [0.15, 0.2) is 15.7 Å². The molecule has 0 saturated heterocycles. The molecule has 6 nitrogen and oxygen atoms in total. The molecule has 23 heavy (non-hydrogen) atoms. The Labute approximate surface area is 134 Å². The van der Waals surface area contributed by atoms with Gasteiger partial charge in [0.05, 0.1) is 17.1 Å². The van der Waals surface area contributed by atoms with Gasteiger partial charge in [-0.2, -0.15) is 0 Å². The summed E-state index contributed by atoms with van der Waals surface area (Å²) in [5, 5.41) is 11.2. The second kappa shape index (κ2) is 6.21. The number of hydrogen-bond donors (Lipinski definition) is 1. The van der Waals surface area contributed by atoms with E-state index in [0.29, 0.717) is 18.1 Å². The molecule has 2 aromatic carbocycles. The Morgan fingerprint density at radius 2 is 1.74 bits per heavy atom. The maximum Gasteiger partial charge on any atom is 0.177 e. The Bertz CT molecular complexity index is 905. The van der Waals surface area contributed by atoms with Crippen molar-refractivity contribution in [3.8, 4) is 5.69 Å². The molecule has 0 radical (unpaired) electrons. The van der Waals surface area contributed by atoms with Gasteiger partial charge in [-0.25, -0.2) is 8.42 Å². The van der Waals surface area contributed by atoms with E-state index in [1.54, 1.807) is 30.6 Å². The summed E-state index contributed by atoms with van der Waals surface area (Å²) in [5.41, 5.74) is 1.50. The number of rotatable bonds is 5. The standard InChI is InChI=1S/C16H16N4O2S/c1-23(21,22)15-10-6-5-9-14(15)17-11-16-19-18-12-20(16)13-7-3-2-4-8-13/h2-10,12,17H,11H2,1H3. The van der Waals surface area contributed by atoms with Crippen molar-refractivity contribution in [3.05, 3.63) is 66.7 Å². The highest BCUT2D eigenvalue weighted by molar-refractivity contribution is 7.90. The van der Waals surface area contributed by atoms with E-state index in [2.05, 4.69) is 15.5 Å². The molecule has 0 aliphatic heterocycles. The van der Waals surface area contributed by atoms with Crippen molar-refractivity contribution in [3.63, 3.8) is 0 Å². The normalized spacial score (nSPS) is 11.3. The molecule has 0 aliphatic rings. The van der Waals surface area contributed by atoms with Crippen LogP contribution >= 0.6 is 0 Å². The highest BCUT2D eigenvalue weighted by Crippen LogP contribution is 2.21. The zero-order valence-electron chi connectivity index (χ0n) is 12.5. The second-order valence-corrected chi connectivity index (χ2v) is 7.06. The maximum atomic E-state index is 11.8. The van der Waals surface area contributed by atoms with Crippen molar-refractivity contribution in [1.29, 1.82) is 0 Å². The van der Waals surface area contributed by atoms with E-state index in [4.69, 9.17) is 0 Å². The first-order chi connectivity index (χ1) is 11.1. The van der Waals surface area contributed by atoms with Gasteiger partial charge in [0.1, 0.15) is 6.33 Å². The minimum absolute atomic E-state index is 0.269. The van der Waals surface area contributed by atoms with Gasteiger partial charge in [-0.3, -0.25) is 4.57 Å². The van der Waals surface area contributed by atoms with Crippen LogP contribution in [0.4, 0.5) is 5.69 Å². The molecule has 118 valence electrons. The molecule has 0 amide bonds. The number of hydrogen-bond acceptors (Lipinski definition) is 5. The number of benzene rings is 2. The predicted molar refractivity (Wildman–Crippen MR) is 88.2 cm³/mol. The van der Waals surface area contributed by atoms with Crippen LogP contribution in [-0.2, 0) is 16.4 Å². The fraction of sp³-hybridized carbons (Fsp3) is 0.125. The quantitative estimate of drug-likeness (QED) is 0.777. The Kier molecular flexibility index (Phi) is 4.12. The zero-order chi connectivity index (χ0) is 16.3. The molecule has 7 heteroatoms. The monoisotopic (exact) mass is 328 g/mol. The third kappa shape index (κ3) is 3.40. The summed E-state index contributed by atoms with van der Waals surface area (Å²) in [6, 6.07) is 16.5. The van der Waals surface area contributed by atoms with E-state index >= 15 is 0 Å². The molecule has 3 aromatic rings. The van der Waals surface area contributed by atoms with Crippen LogP contribution in [0.1, 0.15) is 5.82 Å². The Morgan fingerprint density at radius 1 is 1.04 bits per heavy atom. The summed E-state index contributed by atoms with van der Waals surface area (Å²) in [7, 11) is -3.29. The average Bonchev–Trinajstić information content (AvgIpc) is 3.02. The van der Waals surface area contributed by atoms with Crippen molar-refractivity contribution in [2.75, 3.05) is 11.6 Å². The molecule has 0 bridgehead atoms. The average molecular weight is 328 g/mol. The molecule has 0 spiro atoms. The number of aromatic nitrogens is 3. The second-order valence-electron chi connectivity index (χ2n) is 5.07. The van der Waals surface area contributed by atoms with E-state index in [9.17, 15) is 8.42 Å². The van der Waals surface area contributed by atoms with Gasteiger partial charge in [0, 0.05) is 11.9 Å². The summed E-state index contributed by atoms with van der Waals surface area (Å²) in [4.78, 5) is 0.269. The summed E-state index contributed by atoms with van der Waals surface area (Å²) >= 11 is 0. The molecule has 0 atom stereocenters. The minimum Gasteiger partial charge on any atom is -0.377 e. The first-order valence-electron chi connectivity index (χ1n) is 7.03. The molecule has 0 saturated carbocycles. The van der Waals surface area contributed by atoms with Gasteiger partial charge in [-0.05, 0) is 24.3 Å². The minimum atomic E-state index is -3.29. The molecule has 0 unspecified atom stereocenters. The summed E-state index contributed by atoms with van der Waals surface area (Å²) in [6.07, 6.45) is 2.83. The van der Waals surface area contributed by atoms with Crippen molar-refractivity contribution >= 4 is 15.5 Å². The fourth-order valence-electron chi connectivity index (χ4n) is 2.29. The van der Waals surface area contributed by atoms with Gasteiger partial charge in [-0.15, -0.1) is 10.2 Å². The van der Waals surface area contributed by atoms with Crippen molar-refractivity contribution in [2.24, 2.45) is 0 Å². The topological polar surface area (TPSA) is 76.9 Å². The molecule has 0 fully saturated rings. The maximum absolute atomic E-state index is 11.8. The van der Waals surface area contributed by atoms with Crippen LogP contribution in [0.2, 0.25) is 0 Å². The van der Waals surface area contributed by atoms with E-state index < -0.39 is 9.84 Å². The van der Waals surface area contributed by atoms with Crippen molar-refractivity contribution in [2.45, 2.75) is 11.4 Å². The number of para-hydroxylation sites is 2. The van der Waals surface area contributed by atoms with Gasteiger partial charge in [0.2, 0.25) is 0 Å². The molecule has 1 heterocycles. The summed E-state index contributed by atoms with van der Waals surface area (Å²) < 4.78 is 25.5. The van der Waals surface area contributed by atoms with Crippen LogP contribution in [0, 0.1) is 0 Å². The van der Waals surface area contributed by atoms with Crippen LogP contribution in [0.5, 0.6) is 0 Å². The lowest BCUT2D eigenvalue weighted by molar-refractivity contribution is 0.602.